The van der Waals surface area contributed by atoms with E-state index in [9.17, 15) is 35.9 Å². The number of pyridine rings is 2. The van der Waals surface area contributed by atoms with Crippen LogP contribution < -0.4 is 36.9 Å². The number of nitrogen functional groups attached to an aromatic ring is 1. The molecule has 0 fully saturated rings. The summed E-state index contributed by atoms with van der Waals surface area (Å²) in [6.45, 7) is 0. The lowest BCUT2D eigenvalue weighted by Crippen LogP contribution is -2.33. The summed E-state index contributed by atoms with van der Waals surface area (Å²) in [4.78, 5) is 33.2. The van der Waals surface area contributed by atoms with Crippen molar-refractivity contribution >= 4 is 64.5 Å². The molecular formula is C39H30Cl2F6N8O4. The molecule has 306 valence electrons. The highest BCUT2D eigenvalue weighted by atomic mass is 35.5. The van der Waals surface area contributed by atoms with E-state index in [0.717, 1.165) is 47.7 Å². The van der Waals surface area contributed by atoms with Crippen LogP contribution in [0.4, 0.5) is 53.9 Å². The van der Waals surface area contributed by atoms with Gasteiger partial charge in [-0.05, 0) is 84.9 Å². The Morgan fingerprint density at radius 1 is 0.644 bits per heavy atom. The van der Waals surface area contributed by atoms with Gasteiger partial charge in [0.25, 0.3) is 0 Å². The number of hydrogen-bond donors (Lipinski definition) is 5. The van der Waals surface area contributed by atoms with Crippen molar-refractivity contribution in [3.05, 3.63) is 155 Å². The van der Waals surface area contributed by atoms with Gasteiger partial charge in [0.15, 0.2) is 6.29 Å². The lowest BCUT2D eigenvalue weighted by molar-refractivity contribution is -0.138. The first kappa shape index (κ1) is 44.8. The second-order valence-corrected chi connectivity index (χ2v) is 12.1. The van der Waals surface area contributed by atoms with Crippen LogP contribution in [0.15, 0.2) is 139 Å². The van der Waals surface area contributed by atoms with Crippen molar-refractivity contribution < 1.29 is 45.4 Å². The maximum atomic E-state index is 12.9. The van der Waals surface area contributed by atoms with Gasteiger partial charge in [-0.1, -0.05) is 35.3 Å². The Kier molecular flexibility index (Phi) is 16.4. The lowest BCUT2D eigenvalue weighted by atomic mass is 10.2. The average molecular weight is 860 g/mol. The van der Waals surface area contributed by atoms with Crippen LogP contribution in [0.3, 0.4) is 0 Å². The van der Waals surface area contributed by atoms with Crippen molar-refractivity contribution in [3.63, 3.8) is 0 Å². The Labute approximate surface area is 342 Å². The van der Waals surface area contributed by atoms with Crippen LogP contribution in [-0.4, -0.2) is 28.5 Å². The SMILES string of the molecule is NNc1cccc(Oc2ccncc2)c1.O=C(NNc1cccc(Oc2ccncc2)c1)Nc1ccc(Cl)c(C(F)(F)F)c1.O=CC=Nc1ccc(Cl)c(C(F)(F)F)c1. The van der Waals surface area contributed by atoms with E-state index in [2.05, 4.69) is 36.6 Å². The van der Waals surface area contributed by atoms with Gasteiger partial charge in [0.05, 0.1) is 44.4 Å². The first-order chi connectivity index (χ1) is 28.1. The van der Waals surface area contributed by atoms with E-state index in [1.807, 2.05) is 24.3 Å². The Balaban J connectivity index is 0.000000215. The smallest absolute Gasteiger partial charge is 0.417 e. The van der Waals surface area contributed by atoms with E-state index in [0.29, 0.717) is 23.5 Å². The first-order valence-electron chi connectivity index (χ1n) is 16.5. The molecule has 20 heteroatoms. The predicted octanol–water partition coefficient (Wildman–Crippen LogP) is 11.1. The minimum atomic E-state index is -4.63. The average Bonchev–Trinajstić information content (AvgIpc) is 3.21. The molecule has 0 radical (unpaired) electrons. The second kappa shape index (κ2) is 21.6. The van der Waals surface area contributed by atoms with E-state index < -0.39 is 39.6 Å². The van der Waals surface area contributed by atoms with Crippen LogP contribution in [0.5, 0.6) is 23.0 Å². The Hall–Kier alpha value is -6.89. The number of alkyl halides is 6. The number of aliphatic imine (C=N–C) groups is 1. The number of anilines is 3. The maximum absolute atomic E-state index is 12.9. The zero-order chi connectivity index (χ0) is 42.8. The topological polar surface area (TPSA) is 165 Å². The van der Waals surface area contributed by atoms with Crippen molar-refractivity contribution in [3.8, 4) is 23.0 Å². The molecule has 6 aromatic rings. The highest BCUT2D eigenvalue weighted by Crippen LogP contribution is 2.37. The van der Waals surface area contributed by atoms with Crippen LogP contribution >= 0.6 is 23.2 Å². The van der Waals surface area contributed by atoms with Crippen molar-refractivity contribution in [2.75, 3.05) is 16.2 Å². The fraction of sp³-hybridized carbons (Fsp3) is 0.0513. The number of hydrazine groups is 2. The van der Waals surface area contributed by atoms with Gasteiger partial charge in [0.2, 0.25) is 0 Å². The summed E-state index contributed by atoms with van der Waals surface area (Å²) >= 11 is 10.9. The van der Waals surface area contributed by atoms with E-state index in [-0.39, 0.29) is 11.4 Å². The third kappa shape index (κ3) is 15.2. The zero-order valence-electron chi connectivity index (χ0n) is 29.9. The Morgan fingerprint density at radius 2 is 1.15 bits per heavy atom. The summed E-state index contributed by atoms with van der Waals surface area (Å²) in [5.74, 6) is 7.88. The summed E-state index contributed by atoms with van der Waals surface area (Å²) in [6, 6.07) is 26.6. The number of halogens is 8. The maximum Gasteiger partial charge on any atom is 0.417 e. The first-order valence-corrected chi connectivity index (χ1v) is 17.3. The molecule has 0 saturated carbocycles. The molecular weight excluding hydrogens is 829 g/mol. The van der Waals surface area contributed by atoms with Gasteiger partial charge in [-0.3, -0.25) is 36.4 Å². The molecule has 0 aliphatic rings. The van der Waals surface area contributed by atoms with Crippen LogP contribution in [0.1, 0.15) is 11.1 Å². The van der Waals surface area contributed by atoms with Gasteiger partial charge < -0.3 is 20.2 Å². The molecule has 0 spiro atoms. The van der Waals surface area contributed by atoms with E-state index in [1.54, 1.807) is 73.3 Å². The molecule has 2 aromatic heterocycles. The predicted molar refractivity (Wildman–Crippen MR) is 212 cm³/mol. The highest BCUT2D eigenvalue weighted by Gasteiger charge is 2.34. The summed E-state index contributed by atoms with van der Waals surface area (Å²) in [7, 11) is 0. The molecule has 2 heterocycles. The Bertz CT molecular complexity index is 2320. The number of ether oxygens (including phenoxy) is 2. The number of aromatic nitrogens is 2. The lowest BCUT2D eigenvalue weighted by Gasteiger charge is -2.13. The van der Waals surface area contributed by atoms with Crippen LogP contribution in [0.2, 0.25) is 10.0 Å². The summed E-state index contributed by atoms with van der Waals surface area (Å²) in [6.07, 6.45) is -1.37. The number of rotatable bonds is 10. The minimum Gasteiger partial charge on any atom is -0.457 e. The molecule has 12 nitrogen and oxygen atoms in total. The number of nitrogens with one attached hydrogen (secondary N) is 4. The van der Waals surface area contributed by atoms with Gasteiger partial charge in [-0.25, -0.2) is 4.79 Å². The standard InChI is InChI=1S/C19H14ClF3N4O2.C11H11N3O.C9H5ClF3NO/c20-17-5-4-12(11-16(17)19(21,22)23)25-18(28)27-26-13-2-1-3-15(10-13)29-14-6-8-24-9-7-14;12-14-9-2-1-3-11(8-9)15-10-4-6-13-7-5-10;10-8-2-1-6(14-3-4-15)5-7(8)9(11,12)13/h1-11,26H,(H2,25,27,28);1-8,14H,12H2;1-5H. The third-order valence-corrected chi connectivity index (χ3v) is 7.65. The zero-order valence-corrected chi connectivity index (χ0v) is 31.4. The van der Waals surface area contributed by atoms with Gasteiger partial charge in [-0.2, -0.15) is 26.3 Å². The number of benzene rings is 4. The van der Waals surface area contributed by atoms with Gasteiger partial charge >= 0.3 is 18.4 Å². The number of hydrogen-bond acceptors (Lipinski definition) is 10. The molecule has 0 unspecified atom stereocenters. The van der Waals surface area contributed by atoms with Crippen LogP contribution in [0, 0.1) is 0 Å². The molecule has 6 N–H and O–H groups in total. The normalized spacial score (nSPS) is 10.9. The van der Waals surface area contributed by atoms with E-state index >= 15 is 0 Å². The summed E-state index contributed by atoms with van der Waals surface area (Å²) < 4.78 is 86.9. The van der Waals surface area contributed by atoms with Gasteiger partial charge in [-0.15, -0.1) is 0 Å². The number of urea groups is 1. The van der Waals surface area contributed by atoms with Gasteiger partial charge in [0.1, 0.15) is 23.0 Å². The molecule has 0 aliphatic heterocycles. The number of nitrogens with two attached hydrogens (primary N) is 1. The van der Waals surface area contributed by atoms with Crippen molar-refractivity contribution in [1.29, 1.82) is 0 Å². The summed E-state index contributed by atoms with van der Waals surface area (Å²) in [5.41, 5.74) is 6.81. The molecule has 59 heavy (non-hydrogen) atoms. The van der Waals surface area contributed by atoms with Gasteiger partial charge in [0, 0.05) is 42.6 Å². The van der Waals surface area contributed by atoms with Crippen molar-refractivity contribution in [2.24, 2.45) is 10.8 Å². The van der Waals surface area contributed by atoms with E-state index in [1.165, 1.54) is 12.1 Å². The molecule has 2 amide bonds. The second-order valence-electron chi connectivity index (χ2n) is 11.2. The number of carbonyl (C=O) groups excluding carboxylic acids is 2. The minimum absolute atomic E-state index is 0.0267. The monoisotopic (exact) mass is 858 g/mol. The van der Waals surface area contributed by atoms with E-state index in [4.69, 9.17) is 38.5 Å². The fourth-order valence-electron chi connectivity index (χ4n) is 4.41. The molecule has 0 saturated heterocycles. The molecule has 0 atom stereocenters. The van der Waals surface area contributed by atoms with Crippen LogP contribution in [0.25, 0.3) is 0 Å². The number of carbonyl (C=O) groups is 2. The third-order valence-electron chi connectivity index (χ3n) is 7.00. The number of aldehydes is 1. The quantitative estimate of drug-likeness (QED) is 0.0296. The number of amides is 2. The van der Waals surface area contributed by atoms with Crippen molar-refractivity contribution in [1.82, 2.24) is 15.4 Å². The molecule has 0 bridgehead atoms. The summed E-state index contributed by atoms with van der Waals surface area (Å²) in [5, 5.41) is 1.45. The number of nitrogens with zero attached hydrogens (tertiary/aromatic N) is 3. The molecule has 6 rings (SSSR count). The largest absolute Gasteiger partial charge is 0.457 e. The molecule has 0 aliphatic carbocycles. The fourth-order valence-corrected chi connectivity index (χ4v) is 4.86. The van der Waals surface area contributed by atoms with Crippen molar-refractivity contribution in [2.45, 2.75) is 12.4 Å². The Morgan fingerprint density at radius 3 is 1.68 bits per heavy atom. The molecule has 4 aromatic carbocycles. The highest BCUT2D eigenvalue weighted by molar-refractivity contribution is 6.31. The van der Waals surface area contributed by atoms with Crippen LogP contribution in [-0.2, 0) is 17.1 Å².